The molecular formula is C31H41NO2. The first-order valence-corrected chi connectivity index (χ1v) is 12.5. The van der Waals surface area contributed by atoms with Crippen LogP contribution in [0.1, 0.15) is 86.7 Å². The molecule has 182 valence electrons. The zero-order valence-corrected chi connectivity index (χ0v) is 21.5. The maximum absolute atomic E-state index is 13.2. The maximum Gasteiger partial charge on any atom is 0.255 e. The van der Waals surface area contributed by atoms with Crippen LogP contribution < -0.4 is 5.32 Å². The normalized spacial score (nSPS) is 14.9. The fraction of sp³-hybridized carbons (Fsp3) is 0.387. The van der Waals surface area contributed by atoms with Gasteiger partial charge in [-0.15, -0.1) is 0 Å². The lowest BCUT2D eigenvalue weighted by Gasteiger charge is -2.20. The molecule has 1 atom stereocenters. The summed E-state index contributed by atoms with van der Waals surface area (Å²) >= 11 is 0. The SMILES string of the molecule is C=C/C(C(=C)NC(=O)c1cccc(C(CC)CCCC2=CCCC=C2)c1C)=C(\C=C/C)OCC. The van der Waals surface area contributed by atoms with Crippen LogP contribution in [0.25, 0.3) is 0 Å². The molecule has 0 heterocycles. The van der Waals surface area contributed by atoms with Crippen molar-refractivity contribution in [1.29, 1.82) is 0 Å². The van der Waals surface area contributed by atoms with E-state index in [2.05, 4.69) is 56.6 Å². The number of benzene rings is 1. The van der Waals surface area contributed by atoms with Gasteiger partial charge in [0.05, 0.1) is 6.61 Å². The Bertz CT molecular complexity index is 991. The minimum absolute atomic E-state index is 0.160. The first kappa shape index (κ1) is 27.2. The van der Waals surface area contributed by atoms with Crippen LogP contribution in [0.3, 0.4) is 0 Å². The molecule has 0 saturated heterocycles. The van der Waals surface area contributed by atoms with Crippen molar-refractivity contribution >= 4 is 5.91 Å². The van der Waals surface area contributed by atoms with Gasteiger partial charge < -0.3 is 10.1 Å². The summed E-state index contributed by atoms with van der Waals surface area (Å²) in [5, 5.41) is 2.96. The zero-order valence-electron chi connectivity index (χ0n) is 21.5. The number of nitrogens with one attached hydrogen (secondary N) is 1. The van der Waals surface area contributed by atoms with Crippen molar-refractivity contribution in [3.8, 4) is 0 Å². The van der Waals surface area contributed by atoms with Crippen LogP contribution >= 0.6 is 0 Å². The monoisotopic (exact) mass is 459 g/mol. The minimum atomic E-state index is -0.160. The minimum Gasteiger partial charge on any atom is -0.493 e. The van der Waals surface area contributed by atoms with Gasteiger partial charge in [0.2, 0.25) is 0 Å². The average Bonchev–Trinajstić information content (AvgIpc) is 2.83. The third-order valence-corrected chi connectivity index (χ3v) is 6.32. The van der Waals surface area contributed by atoms with Crippen molar-refractivity contribution in [2.75, 3.05) is 6.61 Å². The molecule has 0 spiro atoms. The van der Waals surface area contributed by atoms with Crippen molar-refractivity contribution in [3.05, 3.63) is 107 Å². The standard InChI is InChI=1S/C31H41NO2/c1-7-16-30(34-10-4)27(9-3)24(6)32-31(33)29-22-15-21-28(23(29)5)26(8-2)20-14-19-25-17-12-11-13-18-25/h7,9,12,15-18,21-22,26H,3,6,8,10-11,13-14,19-20H2,1-2,4-5H3,(H,32,33)/b16-7-,30-27-. The second-order valence-electron chi connectivity index (χ2n) is 8.62. The number of rotatable bonds is 13. The summed E-state index contributed by atoms with van der Waals surface area (Å²) in [4.78, 5) is 13.2. The van der Waals surface area contributed by atoms with E-state index in [0.717, 1.165) is 44.1 Å². The second-order valence-corrected chi connectivity index (χ2v) is 8.62. The predicted molar refractivity (Wildman–Crippen MR) is 145 cm³/mol. The molecule has 1 N–H and O–H groups in total. The molecule has 1 aliphatic rings. The summed E-state index contributed by atoms with van der Waals surface area (Å²) in [6, 6.07) is 6.05. The molecule has 3 heteroatoms. The summed E-state index contributed by atoms with van der Waals surface area (Å²) in [6.45, 7) is 16.6. The Kier molecular flexibility index (Phi) is 11.4. The van der Waals surface area contributed by atoms with Gasteiger partial charge in [-0.2, -0.15) is 0 Å². The van der Waals surface area contributed by atoms with Crippen LogP contribution in [0.2, 0.25) is 0 Å². The summed E-state index contributed by atoms with van der Waals surface area (Å²) < 4.78 is 5.72. The van der Waals surface area contributed by atoms with E-state index in [1.54, 1.807) is 6.08 Å². The Morgan fingerprint density at radius 1 is 1.26 bits per heavy atom. The van der Waals surface area contributed by atoms with Crippen molar-refractivity contribution < 1.29 is 9.53 Å². The largest absolute Gasteiger partial charge is 0.493 e. The topological polar surface area (TPSA) is 38.3 Å². The third kappa shape index (κ3) is 7.48. The molecular weight excluding hydrogens is 418 g/mol. The molecule has 0 aromatic heterocycles. The van der Waals surface area contributed by atoms with Gasteiger partial charge in [-0.3, -0.25) is 4.79 Å². The van der Waals surface area contributed by atoms with Gasteiger partial charge in [0, 0.05) is 16.8 Å². The number of carbonyl (C=O) groups excluding carboxylic acids is 1. The lowest BCUT2D eigenvalue weighted by Crippen LogP contribution is -2.25. The van der Waals surface area contributed by atoms with E-state index in [4.69, 9.17) is 4.74 Å². The molecule has 1 unspecified atom stereocenters. The van der Waals surface area contributed by atoms with E-state index in [1.165, 1.54) is 11.1 Å². The highest BCUT2D eigenvalue weighted by atomic mass is 16.5. The number of carbonyl (C=O) groups is 1. The van der Waals surface area contributed by atoms with E-state index in [0.29, 0.717) is 35.1 Å². The summed E-state index contributed by atoms with van der Waals surface area (Å²) in [7, 11) is 0. The van der Waals surface area contributed by atoms with Crippen molar-refractivity contribution in [2.45, 2.75) is 72.1 Å². The number of amides is 1. The number of hydrogen-bond donors (Lipinski definition) is 1. The van der Waals surface area contributed by atoms with Crippen LogP contribution in [0, 0.1) is 6.92 Å². The molecule has 34 heavy (non-hydrogen) atoms. The lowest BCUT2D eigenvalue weighted by molar-refractivity contribution is 0.0966. The molecule has 1 aromatic rings. The van der Waals surface area contributed by atoms with E-state index < -0.39 is 0 Å². The summed E-state index contributed by atoms with van der Waals surface area (Å²) in [6.07, 6.45) is 19.1. The smallest absolute Gasteiger partial charge is 0.255 e. The lowest BCUT2D eigenvalue weighted by atomic mass is 9.86. The van der Waals surface area contributed by atoms with E-state index in [1.807, 2.05) is 38.1 Å². The first-order valence-electron chi connectivity index (χ1n) is 12.5. The van der Waals surface area contributed by atoms with Gasteiger partial charge in [0.25, 0.3) is 5.91 Å². The molecule has 1 aliphatic carbocycles. The number of allylic oxidation sites excluding steroid dienone is 7. The average molecular weight is 460 g/mol. The Morgan fingerprint density at radius 2 is 2.06 bits per heavy atom. The van der Waals surface area contributed by atoms with Crippen LogP contribution in [-0.2, 0) is 4.74 Å². The van der Waals surface area contributed by atoms with Crippen LogP contribution in [0.4, 0.5) is 0 Å². The van der Waals surface area contributed by atoms with Gasteiger partial charge in [-0.05, 0) is 88.5 Å². The molecule has 0 aliphatic heterocycles. The highest BCUT2D eigenvalue weighted by molar-refractivity contribution is 5.97. The van der Waals surface area contributed by atoms with E-state index in [-0.39, 0.29) is 5.91 Å². The molecule has 1 amide bonds. The maximum atomic E-state index is 13.2. The van der Waals surface area contributed by atoms with Crippen LogP contribution in [0.5, 0.6) is 0 Å². The van der Waals surface area contributed by atoms with Crippen molar-refractivity contribution in [2.24, 2.45) is 0 Å². The summed E-state index contributed by atoms with van der Waals surface area (Å²) in [5.41, 5.74) is 5.60. The molecule has 3 nitrogen and oxygen atoms in total. The van der Waals surface area contributed by atoms with Gasteiger partial charge in [-0.25, -0.2) is 0 Å². The molecule has 2 rings (SSSR count). The number of ether oxygens (including phenoxy) is 1. The van der Waals surface area contributed by atoms with Crippen molar-refractivity contribution in [3.63, 3.8) is 0 Å². The fourth-order valence-corrected chi connectivity index (χ4v) is 4.49. The highest BCUT2D eigenvalue weighted by Gasteiger charge is 2.18. The Morgan fingerprint density at radius 3 is 2.68 bits per heavy atom. The quantitative estimate of drug-likeness (QED) is 0.238. The van der Waals surface area contributed by atoms with Crippen LogP contribution in [-0.4, -0.2) is 12.5 Å². The van der Waals surface area contributed by atoms with E-state index in [9.17, 15) is 4.79 Å². The highest BCUT2D eigenvalue weighted by Crippen LogP contribution is 2.31. The van der Waals surface area contributed by atoms with Gasteiger partial charge in [-0.1, -0.05) is 68.2 Å². The molecule has 0 radical (unpaired) electrons. The molecule has 0 saturated carbocycles. The molecule has 0 fully saturated rings. The first-order chi connectivity index (χ1) is 16.5. The van der Waals surface area contributed by atoms with E-state index >= 15 is 0 Å². The Labute approximate surface area is 206 Å². The fourth-order valence-electron chi connectivity index (χ4n) is 4.49. The summed E-state index contributed by atoms with van der Waals surface area (Å²) in [5.74, 6) is 0.920. The van der Waals surface area contributed by atoms with Crippen molar-refractivity contribution in [1.82, 2.24) is 5.32 Å². The van der Waals surface area contributed by atoms with Gasteiger partial charge >= 0.3 is 0 Å². The van der Waals surface area contributed by atoms with Crippen LogP contribution in [0.15, 0.2) is 90.4 Å². The number of hydrogen-bond acceptors (Lipinski definition) is 2. The predicted octanol–water partition coefficient (Wildman–Crippen LogP) is 8.23. The third-order valence-electron chi connectivity index (χ3n) is 6.32. The van der Waals surface area contributed by atoms with Gasteiger partial charge in [0.1, 0.15) is 5.76 Å². The molecule has 0 bridgehead atoms. The zero-order chi connectivity index (χ0) is 24.9. The molecule has 1 aromatic carbocycles. The second kappa shape index (κ2) is 14.2. The Balaban J connectivity index is 2.16. The van der Waals surface area contributed by atoms with Gasteiger partial charge in [0.15, 0.2) is 0 Å². The Hall–Kier alpha value is -3.07.